The predicted molar refractivity (Wildman–Crippen MR) is 84.7 cm³/mol. The Kier molecular flexibility index (Phi) is 4.66. The molecular weight excluding hydrogens is 302 g/mol. The Hall–Kier alpha value is -2.39. The number of imidazole rings is 1. The van der Waals surface area contributed by atoms with E-state index in [1.165, 1.54) is 0 Å². The summed E-state index contributed by atoms with van der Waals surface area (Å²) in [5.74, 6) is 1.14. The second-order valence-corrected chi connectivity index (χ2v) is 5.60. The van der Waals surface area contributed by atoms with Crippen LogP contribution < -0.4 is 10.6 Å². The van der Waals surface area contributed by atoms with Crippen LogP contribution in [0.1, 0.15) is 0 Å². The maximum Gasteiger partial charge on any atom is 0.240 e. The molecule has 0 fully saturated rings. The molecule has 3 aromatic rings. The molecule has 2 aromatic heterocycles. The average Bonchev–Trinajstić information content (AvgIpc) is 3.15. The SMILES string of the molecule is O=C(CNCCSc1cn[nH]n1)Nc1nc2ccccc2[nH]1. The van der Waals surface area contributed by atoms with Crippen LogP contribution in [0.15, 0.2) is 35.5 Å². The van der Waals surface area contributed by atoms with Crippen LogP contribution in [0.2, 0.25) is 0 Å². The third-order valence-electron chi connectivity index (χ3n) is 2.85. The summed E-state index contributed by atoms with van der Waals surface area (Å²) in [5, 5.41) is 16.8. The van der Waals surface area contributed by atoms with Gasteiger partial charge in [-0.3, -0.25) is 10.1 Å². The zero-order chi connectivity index (χ0) is 15.2. The molecule has 8 nitrogen and oxygen atoms in total. The Morgan fingerprint density at radius 1 is 1.32 bits per heavy atom. The minimum Gasteiger partial charge on any atom is -0.324 e. The number of hydrogen-bond acceptors (Lipinski definition) is 6. The summed E-state index contributed by atoms with van der Waals surface area (Å²) in [5.41, 5.74) is 1.73. The van der Waals surface area contributed by atoms with E-state index in [2.05, 4.69) is 36.0 Å². The second kappa shape index (κ2) is 7.05. The molecule has 1 aromatic carbocycles. The van der Waals surface area contributed by atoms with Gasteiger partial charge in [0, 0.05) is 12.3 Å². The van der Waals surface area contributed by atoms with Gasteiger partial charge in [-0.15, -0.1) is 16.9 Å². The summed E-state index contributed by atoms with van der Waals surface area (Å²) in [4.78, 5) is 19.2. The van der Waals surface area contributed by atoms with Crippen LogP contribution in [0.5, 0.6) is 0 Å². The van der Waals surface area contributed by atoms with E-state index in [0.29, 0.717) is 12.5 Å². The van der Waals surface area contributed by atoms with Gasteiger partial charge in [0.2, 0.25) is 11.9 Å². The van der Waals surface area contributed by atoms with E-state index in [1.807, 2.05) is 24.3 Å². The minimum atomic E-state index is -0.134. The van der Waals surface area contributed by atoms with Crippen molar-refractivity contribution in [3.8, 4) is 0 Å². The van der Waals surface area contributed by atoms with E-state index in [1.54, 1.807) is 18.0 Å². The van der Waals surface area contributed by atoms with Gasteiger partial charge in [-0.25, -0.2) is 4.98 Å². The molecule has 22 heavy (non-hydrogen) atoms. The number of fused-ring (bicyclic) bond motifs is 1. The number of nitrogens with zero attached hydrogens (tertiary/aromatic N) is 3. The van der Waals surface area contributed by atoms with Gasteiger partial charge in [0.05, 0.1) is 23.8 Å². The molecule has 0 atom stereocenters. The molecule has 0 unspecified atom stereocenters. The lowest BCUT2D eigenvalue weighted by Gasteiger charge is -2.03. The molecule has 0 bridgehead atoms. The number of carbonyl (C=O) groups excluding carboxylic acids is 1. The fourth-order valence-corrected chi connectivity index (χ4v) is 2.57. The van der Waals surface area contributed by atoms with E-state index in [0.717, 1.165) is 21.8 Å². The minimum absolute atomic E-state index is 0.134. The summed E-state index contributed by atoms with van der Waals surface area (Å²) in [6.07, 6.45) is 1.67. The van der Waals surface area contributed by atoms with Crippen LogP contribution in [0.25, 0.3) is 11.0 Å². The van der Waals surface area contributed by atoms with Crippen molar-refractivity contribution in [3.05, 3.63) is 30.5 Å². The van der Waals surface area contributed by atoms with Gasteiger partial charge in [0.15, 0.2) is 0 Å². The normalized spacial score (nSPS) is 10.9. The van der Waals surface area contributed by atoms with E-state index in [-0.39, 0.29) is 12.5 Å². The third kappa shape index (κ3) is 3.83. The summed E-state index contributed by atoms with van der Waals surface area (Å²) >= 11 is 1.57. The number of amides is 1. The van der Waals surface area contributed by atoms with Gasteiger partial charge in [-0.2, -0.15) is 10.3 Å². The Morgan fingerprint density at radius 3 is 3.05 bits per heavy atom. The summed E-state index contributed by atoms with van der Waals surface area (Å²) < 4.78 is 0. The maximum absolute atomic E-state index is 11.8. The van der Waals surface area contributed by atoms with Crippen molar-refractivity contribution in [2.24, 2.45) is 0 Å². The molecule has 0 spiro atoms. The number of thioether (sulfide) groups is 1. The summed E-state index contributed by atoms with van der Waals surface area (Å²) in [6.45, 7) is 0.932. The Balaban J connectivity index is 1.38. The fourth-order valence-electron chi connectivity index (χ4n) is 1.88. The van der Waals surface area contributed by atoms with Gasteiger partial charge in [0.1, 0.15) is 5.03 Å². The second-order valence-electron chi connectivity index (χ2n) is 4.48. The molecule has 0 saturated heterocycles. The Labute approximate surface area is 130 Å². The Morgan fingerprint density at radius 2 is 2.23 bits per heavy atom. The van der Waals surface area contributed by atoms with Gasteiger partial charge < -0.3 is 10.3 Å². The summed E-state index contributed by atoms with van der Waals surface area (Å²) in [6, 6.07) is 7.63. The van der Waals surface area contributed by atoms with E-state index in [4.69, 9.17) is 0 Å². The molecule has 9 heteroatoms. The van der Waals surface area contributed by atoms with Crippen LogP contribution in [0.4, 0.5) is 5.95 Å². The Bertz CT molecular complexity index is 707. The fraction of sp³-hybridized carbons (Fsp3) is 0.231. The molecule has 0 aliphatic rings. The number of H-pyrrole nitrogens is 2. The van der Waals surface area contributed by atoms with Crippen molar-refractivity contribution in [2.75, 3.05) is 24.2 Å². The number of aromatic amines is 2. The molecule has 0 aliphatic heterocycles. The number of anilines is 1. The van der Waals surface area contributed by atoms with Crippen molar-refractivity contribution in [1.82, 2.24) is 30.7 Å². The first kappa shape index (κ1) is 14.5. The number of hydrogen-bond donors (Lipinski definition) is 4. The lowest BCUT2D eigenvalue weighted by atomic mass is 10.3. The molecule has 3 rings (SSSR count). The first-order chi connectivity index (χ1) is 10.8. The van der Waals surface area contributed by atoms with Crippen LogP contribution >= 0.6 is 11.8 Å². The number of benzene rings is 1. The highest BCUT2D eigenvalue weighted by Crippen LogP contribution is 2.13. The number of carbonyl (C=O) groups is 1. The highest BCUT2D eigenvalue weighted by molar-refractivity contribution is 7.99. The standard InChI is InChI=1S/C13H15N7OS/c21-11(7-14-5-6-22-12-8-15-20-19-12)18-13-16-9-3-1-2-4-10(9)17-13/h1-4,8,14H,5-7H2,(H,15,19,20)(H2,16,17,18,21). The van der Waals surface area contributed by atoms with Crippen LogP contribution in [-0.4, -0.2) is 50.1 Å². The van der Waals surface area contributed by atoms with Gasteiger partial charge in [-0.1, -0.05) is 12.1 Å². The highest BCUT2D eigenvalue weighted by Gasteiger charge is 2.06. The highest BCUT2D eigenvalue weighted by atomic mass is 32.2. The van der Waals surface area contributed by atoms with Crippen LogP contribution in [-0.2, 0) is 4.79 Å². The molecule has 0 radical (unpaired) electrons. The monoisotopic (exact) mass is 317 g/mol. The summed E-state index contributed by atoms with van der Waals surface area (Å²) in [7, 11) is 0. The topological polar surface area (TPSA) is 111 Å². The van der Waals surface area contributed by atoms with Crippen LogP contribution in [0, 0.1) is 0 Å². The van der Waals surface area contributed by atoms with Crippen molar-refractivity contribution in [2.45, 2.75) is 5.03 Å². The van der Waals surface area contributed by atoms with E-state index in [9.17, 15) is 4.79 Å². The molecule has 2 heterocycles. The molecule has 114 valence electrons. The maximum atomic E-state index is 11.8. The quantitative estimate of drug-likeness (QED) is 0.382. The van der Waals surface area contributed by atoms with Gasteiger partial charge in [0.25, 0.3) is 0 Å². The largest absolute Gasteiger partial charge is 0.324 e. The molecular formula is C13H15N7OS. The van der Waals surface area contributed by atoms with E-state index >= 15 is 0 Å². The van der Waals surface area contributed by atoms with Gasteiger partial charge >= 0.3 is 0 Å². The molecule has 0 aliphatic carbocycles. The molecule has 1 amide bonds. The lowest BCUT2D eigenvalue weighted by Crippen LogP contribution is -2.29. The number of aromatic nitrogens is 5. The van der Waals surface area contributed by atoms with Gasteiger partial charge in [-0.05, 0) is 12.1 Å². The van der Waals surface area contributed by atoms with E-state index < -0.39 is 0 Å². The number of para-hydroxylation sites is 2. The first-order valence-electron chi connectivity index (χ1n) is 6.75. The van der Waals surface area contributed by atoms with Crippen molar-refractivity contribution in [3.63, 3.8) is 0 Å². The zero-order valence-electron chi connectivity index (χ0n) is 11.7. The first-order valence-corrected chi connectivity index (χ1v) is 7.74. The number of nitrogens with one attached hydrogen (secondary N) is 4. The van der Waals surface area contributed by atoms with Crippen molar-refractivity contribution >= 4 is 34.7 Å². The third-order valence-corrected chi connectivity index (χ3v) is 3.76. The number of rotatable bonds is 7. The van der Waals surface area contributed by atoms with Crippen molar-refractivity contribution < 1.29 is 4.79 Å². The predicted octanol–water partition coefficient (Wildman–Crippen LogP) is 1.00. The molecule has 0 saturated carbocycles. The zero-order valence-corrected chi connectivity index (χ0v) is 12.5. The van der Waals surface area contributed by atoms with Crippen molar-refractivity contribution in [1.29, 1.82) is 0 Å². The molecule has 4 N–H and O–H groups in total. The average molecular weight is 317 g/mol. The van der Waals surface area contributed by atoms with Crippen LogP contribution in [0.3, 0.4) is 0 Å². The smallest absolute Gasteiger partial charge is 0.240 e. The lowest BCUT2D eigenvalue weighted by molar-refractivity contribution is -0.115.